The summed E-state index contributed by atoms with van der Waals surface area (Å²) in [5, 5.41) is 10.8. The first-order valence-electron chi connectivity index (χ1n) is 10.8. The summed E-state index contributed by atoms with van der Waals surface area (Å²) in [5.41, 5.74) is -0.932. The van der Waals surface area contributed by atoms with Crippen LogP contribution in [0, 0.1) is 0 Å². The normalized spacial score (nSPS) is 18.9. The van der Waals surface area contributed by atoms with Gasteiger partial charge in [-0.25, -0.2) is 9.79 Å². The number of aromatic nitrogens is 2. The van der Waals surface area contributed by atoms with Crippen molar-refractivity contribution < 1.29 is 14.6 Å². The molecule has 1 aromatic carbocycles. The highest BCUT2D eigenvalue weighted by Gasteiger charge is 2.30. The SMILES string of the molecule is COc1ccc(N=C(SCC(=O)N2[C@H](C)CCC[C@H]2C)c2c(O)n(C)c(=O)n(C)c2=O)cc1. The van der Waals surface area contributed by atoms with E-state index in [0.29, 0.717) is 11.4 Å². The third-order valence-corrected chi connectivity index (χ3v) is 6.92. The van der Waals surface area contributed by atoms with E-state index in [-0.39, 0.29) is 34.4 Å². The summed E-state index contributed by atoms with van der Waals surface area (Å²) < 4.78 is 7.07. The Bertz CT molecular complexity index is 1160. The molecule has 1 amide bonds. The first kappa shape index (κ1) is 24.6. The van der Waals surface area contributed by atoms with Gasteiger partial charge in [0.15, 0.2) is 0 Å². The summed E-state index contributed by atoms with van der Waals surface area (Å²) in [6, 6.07) is 7.15. The number of ether oxygens (including phenoxy) is 1. The molecule has 0 unspecified atom stereocenters. The van der Waals surface area contributed by atoms with E-state index in [1.165, 1.54) is 14.1 Å². The van der Waals surface area contributed by atoms with Gasteiger partial charge in [0.05, 0.1) is 18.6 Å². The Morgan fingerprint density at radius 3 is 2.30 bits per heavy atom. The molecule has 2 aromatic rings. The first-order chi connectivity index (χ1) is 15.6. The number of carbonyl (C=O) groups excluding carboxylic acids is 1. The van der Waals surface area contributed by atoms with Crippen LogP contribution in [0.4, 0.5) is 5.69 Å². The molecule has 2 atom stereocenters. The Morgan fingerprint density at radius 1 is 1.12 bits per heavy atom. The van der Waals surface area contributed by atoms with Crippen LogP contribution in [0.15, 0.2) is 38.8 Å². The number of likely N-dealkylation sites (tertiary alicyclic amines) is 1. The highest BCUT2D eigenvalue weighted by Crippen LogP contribution is 2.27. The van der Waals surface area contributed by atoms with Crippen molar-refractivity contribution in [3.05, 3.63) is 50.7 Å². The van der Waals surface area contributed by atoms with Gasteiger partial charge in [-0.05, 0) is 57.4 Å². The topological polar surface area (TPSA) is 106 Å². The fraction of sp³-hybridized carbons (Fsp3) is 0.478. The Morgan fingerprint density at radius 2 is 1.73 bits per heavy atom. The molecule has 1 fully saturated rings. The Hall–Kier alpha value is -3.01. The smallest absolute Gasteiger partial charge is 0.333 e. The molecule has 0 saturated carbocycles. The van der Waals surface area contributed by atoms with Crippen LogP contribution in [0.3, 0.4) is 0 Å². The van der Waals surface area contributed by atoms with Crippen molar-refractivity contribution in [3.63, 3.8) is 0 Å². The predicted molar refractivity (Wildman–Crippen MR) is 130 cm³/mol. The van der Waals surface area contributed by atoms with E-state index in [9.17, 15) is 19.5 Å². The lowest BCUT2D eigenvalue weighted by Gasteiger charge is -2.39. The van der Waals surface area contributed by atoms with Crippen LogP contribution in [0.25, 0.3) is 0 Å². The number of hydrogen-bond donors (Lipinski definition) is 1. The molecular weight excluding hydrogens is 444 g/mol. The number of rotatable bonds is 5. The van der Waals surface area contributed by atoms with Gasteiger partial charge in [-0.1, -0.05) is 11.8 Å². The number of nitrogens with zero attached hydrogens (tertiary/aromatic N) is 4. The van der Waals surface area contributed by atoms with Gasteiger partial charge >= 0.3 is 5.69 Å². The van der Waals surface area contributed by atoms with Crippen molar-refractivity contribution in [2.45, 2.75) is 45.2 Å². The van der Waals surface area contributed by atoms with Gasteiger partial charge in [0.25, 0.3) is 5.56 Å². The highest BCUT2D eigenvalue weighted by atomic mass is 32.2. The quantitative estimate of drug-likeness (QED) is 0.527. The second kappa shape index (κ2) is 10.3. The lowest BCUT2D eigenvalue weighted by Crippen LogP contribution is -2.48. The van der Waals surface area contributed by atoms with Gasteiger partial charge in [-0.3, -0.25) is 18.7 Å². The Balaban J connectivity index is 2.02. The largest absolute Gasteiger partial charge is 0.497 e. The standard InChI is InChI=1S/C23H30N4O5S/c1-14-7-6-8-15(2)27(14)18(28)13-33-20(24-16-9-11-17(32-5)12-10-16)19-21(29)25(3)23(31)26(4)22(19)30/h9-12,14-15,29H,6-8,13H2,1-5H3/t14-,15-/m1/s1. The molecule has 10 heteroatoms. The third kappa shape index (κ3) is 5.16. The van der Waals surface area contributed by atoms with Crippen LogP contribution in [0.1, 0.15) is 38.7 Å². The minimum absolute atomic E-state index is 0.0507. The van der Waals surface area contributed by atoms with E-state index in [1.807, 2.05) is 18.7 Å². The molecule has 1 saturated heterocycles. The molecule has 1 aliphatic heterocycles. The molecule has 0 radical (unpaired) electrons. The number of benzene rings is 1. The average Bonchev–Trinajstić information content (AvgIpc) is 2.80. The summed E-state index contributed by atoms with van der Waals surface area (Å²) in [7, 11) is 4.27. The first-order valence-corrected chi connectivity index (χ1v) is 11.8. The van der Waals surface area contributed by atoms with Crippen LogP contribution in [-0.4, -0.2) is 55.0 Å². The maximum absolute atomic E-state index is 13.1. The molecule has 0 spiro atoms. The maximum atomic E-state index is 13.1. The second-order valence-corrected chi connectivity index (χ2v) is 9.20. The predicted octanol–water partition coefficient (Wildman–Crippen LogP) is 2.40. The molecule has 3 rings (SSSR count). The van der Waals surface area contributed by atoms with E-state index in [2.05, 4.69) is 4.99 Å². The van der Waals surface area contributed by atoms with Gasteiger partial charge < -0.3 is 14.7 Å². The van der Waals surface area contributed by atoms with Crippen LogP contribution < -0.4 is 16.0 Å². The molecule has 2 heterocycles. The number of hydrogen-bond acceptors (Lipinski definition) is 7. The van der Waals surface area contributed by atoms with E-state index < -0.39 is 17.1 Å². The molecule has 9 nitrogen and oxygen atoms in total. The van der Waals surface area contributed by atoms with E-state index in [4.69, 9.17) is 4.74 Å². The summed E-state index contributed by atoms with van der Waals surface area (Å²) >= 11 is 1.08. The van der Waals surface area contributed by atoms with Crippen LogP contribution >= 0.6 is 11.8 Å². The van der Waals surface area contributed by atoms with Crippen molar-refractivity contribution in [2.75, 3.05) is 12.9 Å². The van der Waals surface area contributed by atoms with Crippen molar-refractivity contribution >= 4 is 28.4 Å². The minimum atomic E-state index is -0.678. The molecule has 1 aromatic heterocycles. The zero-order valence-electron chi connectivity index (χ0n) is 19.6. The third-order valence-electron chi connectivity index (χ3n) is 5.96. The number of amides is 1. The second-order valence-electron chi connectivity index (χ2n) is 8.24. The van der Waals surface area contributed by atoms with E-state index >= 15 is 0 Å². The summed E-state index contributed by atoms with van der Waals surface area (Å²) in [6.45, 7) is 4.08. The highest BCUT2D eigenvalue weighted by molar-refractivity contribution is 8.15. The van der Waals surface area contributed by atoms with Crippen LogP contribution in [-0.2, 0) is 18.9 Å². The zero-order valence-corrected chi connectivity index (χ0v) is 20.4. The van der Waals surface area contributed by atoms with Crippen LogP contribution in [0.5, 0.6) is 11.6 Å². The summed E-state index contributed by atoms with van der Waals surface area (Å²) in [5.74, 6) is 0.153. The lowest BCUT2D eigenvalue weighted by atomic mass is 9.98. The Kier molecular flexibility index (Phi) is 7.68. The molecule has 0 bridgehead atoms. The zero-order chi connectivity index (χ0) is 24.3. The number of methoxy groups -OCH3 is 1. The fourth-order valence-corrected chi connectivity index (χ4v) is 4.97. The summed E-state index contributed by atoms with van der Waals surface area (Å²) in [4.78, 5) is 44.7. The van der Waals surface area contributed by atoms with Gasteiger partial charge in [0.2, 0.25) is 11.8 Å². The lowest BCUT2D eigenvalue weighted by molar-refractivity contribution is -0.134. The van der Waals surface area contributed by atoms with Crippen molar-refractivity contribution in [3.8, 4) is 11.6 Å². The van der Waals surface area contributed by atoms with E-state index in [0.717, 1.165) is 40.2 Å². The monoisotopic (exact) mass is 474 g/mol. The number of carbonyl (C=O) groups is 1. The molecule has 33 heavy (non-hydrogen) atoms. The Labute approximate surface area is 196 Å². The van der Waals surface area contributed by atoms with Gasteiger partial charge in [0.1, 0.15) is 16.4 Å². The molecule has 1 aliphatic rings. The number of aliphatic imine (C=N–C) groups is 1. The number of aromatic hydroxyl groups is 1. The van der Waals surface area contributed by atoms with Crippen molar-refractivity contribution in [1.82, 2.24) is 14.0 Å². The van der Waals surface area contributed by atoms with E-state index in [1.54, 1.807) is 31.4 Å². The van der Waals surface area contributed by atoms with Gasteiger partial charge in [-0.2, -0.15) is 0 Å². The van der Waals surface area contributed by atoms with Crippen molar-refractivity contribution in [2.24, 2.45) is 19.1 Å². The minimum Gasteiger partial charge on any atom is -0.497 e. The van der Waals surface area contributed by atoms with Crippen LogP contribution in [0.2, 0.25) is 0 Å². The maximum Gasteiger partial charge on any atom is 0.333 e. The molecule has 0 aliphatic carbocycles. The number of piperidine rings is 1. The van der Waals surface area contributed by atoms with Gasteiger partial charge in [0, 0.05) is 26.2 Å². The molecule has 178 valence electrons. The van der Waals surface area contributed by atoms with Crippen molar-refractivity contribution in [1.29, 1.82) is 0 Å². The average molecular weight is 475 g/mol. The van der Waals surface area contributed by atoms with Gasteiger partial charge in [-0.15, -0.1) is 0 Å². The molecule has 1 N–H and O–H groups in total. The molecular formula is C23H30N4O5S. The summed E-state index contributed by atoms with van der Waals surface area (Å²) in [6.07, 6.45) is 3.00. The number of thioether (sulfide) groups is 1. The fourth-order valence-electron chi connectivity index (χ4n) is 4.07.